The van der Waals surface area contributed by atoms with Gasteiger partial charge in [-0.3, -0.25) is 0 Å². The number of carbonyl (C=O) groups is 1. The van der Waals surface area contributed by atoms with Crippen molar-refractivity contribution in [3.05, 3.63) is 64.2 Å². The molecule has 0 atom stereocenters. The second-order valence-electron chi connectivity index (χ2n) is 4.13. The average Bonchev–Trinajstić information content (AvgIpc) is 2.41. The molecule has 0 heterocycles. The molecule has 0 radical (unpaired) electrons. The van der Waals surface area contributed by atoms with Crippen LogP contribution in [-0.2, 0) is 6.61 Å². The summed E-state index contributed by atoms with van der Waals surface area (Å²) in [7, 11) is 0. The van der Waals surface area contributed by atoms with Gasteiger partial charge < -0.3 is 9.84 Å². The van der Waals surface area contributed by atoms with Gasteiger partial charge in [-0.05, 0) is 24.6 Å². The number of benzene rings is 2. The molecule has 0 fully saturated rings. The number of rotatable bonds is 4. The molecule has 3 nitrogen and oxygen atoms in total. The van der Waals surface area contributed by atoms with Crippen molar-refractivity contribution in [1.29, 1.82) is 0 Å². The summed E-state index contributed by atoms with van der Waals surface area (Å²) in [6.07, 6.45) is 0. The average molecular weight is 277 g/mol. The number of ether oxygens (including phenoxy) is 1. The van der Waals surface area contributed by atoms with Crippen LogP contribution in [0.1, 0.15) is 21.5 Å². The number of carboxylic acid groups (broad SMARTS) is 1. The molecule has 0 amide bonds. The Kier molecular flexibility index (Phi) is 4.07. The third kappa shape index (κ3) is 3.06. The van der Waals surface area contributed by atoms with Gasteiger partial charge in [0.05, 0.1) is 10.6 Å². The lowest BCUT2D eigenvalue weighted by Gasteiger charge is -2.11. The van der Waals surface area contributed by atoms with E-state index >= 15 is 0 Å². The third-order valence-electron chi connectivity index (χ3n) is 2.80. The Hall–Kier alpha value is -2.00. The Labute approximate surface area is 116 Å². The quantitative estimate of drug-likeness (QED) is 0.920. The zero-order valence-electron chi connectivity index (χ0n) is 10.4. The number of hydrogen-bond acceptors (Lipinski definition) is 2. The highest BCUT2D eigenvalue weighted by molar-refractivity contribution is 6.34. The Morgan fingerprint density at radius 2 is 1.89 bits per heavy atom. The van der Waals surface area contributed by atoms with E-state index in [1.807, 2.05) is 30.3 Å². The van der Waals surface area contributed by atoms with E-state index in [9.17, 15) is 4.79 Å². The van der Waals surface area contributed by atoms with E-state index in [-0.39, 0.29) is 10.6 Å². The Morgan fingerprint density at radius 3 is 2.53 bits per heavy atom. The van der Waals surface area contributed by atoms with Gasteiger partial charge in [-0.2, -0.15) is 0 Å². The first-order chi connectivity index (χ1) is 9.09. The molecule has 98 valence electrons. The fraction of sp³-hybridized carbons (Fsp3) is 0.133. The van der Waals surface area contributed by atoms with Gasteiger partial charge in [0.2, 0.25) is 0 Å². The van der Waals surface area contributed by atoms with Gasteiger partial charge in [0.15, 0.2) is 0 Å². The maximum atomic E-state index is 10.9. The van der Waals surface area contributed by atoms with Crippen molar-refractivity contribution in [3.63, 3.8) is 0 Å². The van der Waals surface area contributed by atoms with E-state index in [0.717, 1.165) is 5.56 Å². The van der Waals surface area contributed by atoms with Gasteiger partial charge >= 0.3 is 5.97 Å². The van der Waals surface area contributed by atoms with E-state index in [1.165, 1.54) is 6.07 Å². The standard InChI is InChI=1S/C15H13ClO3/c1-10-13(8-7-12(14(10)16)15(17)18)19-9-11-5-3-2-4-6-11/h2-8H,9H2,1H3,(H,17,18). The summed E-state index contributed by atoms with van der Waals surface area (Å²) in [6, 6.07) is 12.8. The smallest absolute Gasteiger partial charge is 0.337 e. The lowest BCUT2D eigenvalue weighted by molar-refractivity contribution is 0.0697. The van der Waals surface area contributed by atoms with Crippen molar-refractivity contribution in [2.24, 2.45) is 0 Å². The first kappa shape index (κ1) is 13.4. The van der Waals surface area contributed by atoms with E-state index in [1.54, 1.807) is 13.0 Å². The molecule has 0 saturated carbocycles. The molecule has 2 aromatic carbocycles. The predicted molar refractivity (Wildman–Crippen MR) is 73.9 cm³/mol. The normalized spacial score (nSPS) is 10.2. The zero-order valence-corrected chi connectivity index (χ0v) is 11.1. The summed E-state index contributed by atoms with van der Waals surface area (Å²) in [5.41, 5.74) is 1.77. The second kappa shape index (κ2) is 5.76. The zero-order chi connectivity index (χ0) is 13.8. The summed E-state index contributed by atoms with van der Waals surface area (Å²) < 4.78 is 5.66. The minimum absolute atomic E-state index is 0.0891. The summed E-state index contributed by atoms with van der Waals surface area (Å²) in [5, 5.41) is 9.18. The molecule has 0 unspecified atom stereocenters. The number of hydrogen-bond donors (Lipinski definition) is 1. The number of aromatic carboxylic acids is 1. The van der Waals surface area contributed by atoms with Gasteiger partial charge in [0, 0.05) is 5.56 Å². The van der Waals surface area contributed by atoms with Crippen LogP contribution in [0.2, 0.25) is 5.02 Å². The van der Waals surface area contributed by atoms with Crippen LogP contribution < -0.4 is 4.74 Å². The van der Waals surface area contributed by atoms with Crippen molar-refractivity contribution in [2.75, 3.05) is 0 Å². The van der Waals surface area contributed by atoms with E-state index in [0.29, 0.717) is 17.9 Å². The van der Waals surface area contributed by atoms with E-state index < -0.39 is 5.97 Å². The molecule has 0 aliphatic heterocycles. The van der Waals surface area contributed by atoms with Crippen molar-refractivity contribution >= 4 is 17.6 Å². The molecular weight excluding hydrogens is 264 g/mol. The van der Waals surface area contributed by atoms with Crippen LogP contribution in [0.25, 0.3) is 0 Å². The maximum absolute atomic E-state index is 10.9. The summed E-state index contributed by atoms with van der Waals surface area (Å²) in [6.45, 7) is 2.17. The van der Waals surface area contributed by atoms with Crippen molar-refractivity contribution in [3.8, 4) is 5.75 Å². The van der Waals surface area contributed by atoms with Crippen molar-refractivity contribution < 1.29 is 14.6 Å². The molecule has 2 rings (SSSR count). The van der Waals surface area contributed by atoms with Gasteiger partial charge in [0.1, 0.15) is 12.4 Å². The molecular formula is C15H13ClO3. The lowest BCUT2D eigenvalue weighted by atomic mass is 10.1. The highest BCUT2D eigenvalue weighted by Gasteiger charge is 2.14. The van der Waals surface area contributed by atoms with Crippen LogP contribution in [-0.4, -0.2) is 11.1 Å². The van der Waals surface area contributed by atoms with Crippen LogP contribution in [0.15, 0.2) is 42.5 Å². The van der Waals surface area contributed by atoms with Crippen LogP contribution in [0, 0.1) is 6.92 Å². The molecule has 0 aliphatic rings. The van der Waals surface area contributed by atoms with Gasteiger partial charge in [0.25, 0.3) is 0 Å². The van der Waals surface area contributed by atoms with E-state index in [4.69, 9.17) is 21.4 Å². The van der Waals surface area contributed by atoms with E-state index in [2.05, 4.69) is 0 Å². The van der Waals surface area contributed by atoms with Gasteiger partial charge in [-0.25, -0.2) is 4.79 Å². The first-order valence-corrected chi connectivity index (χ1v) is 6.16. The van der Waals surface area contributed by atoms with Crippen molar-refractivity contribution in [2.45, 2.75) is 13.5 Å². The molecule has 0 aromatic heterocycles. The molecule has 0 saturated heterocycles. The fourth-order valence-corrected chi connectivity index (χ4v) is 1.96. The highest BCUT2D eigenvalue weighted by atomic mass is 35.5. The first-order valence-electron chi connectivity index (χ1n) is 5.78. The molecule has 0 spiro atoms. The summed E-state index contributed by atoms with van der Waals surface area (Å²) in [4.78, 5) is 10.9. The van der Waals surface area contributed by atoms with Crippen LogP contribution in [0.3, 0.4) is 0 Å². The van der Waals surface area contributed by atoms with Crippen LogP contribution >= 0.6 is 11.6 Å². The van der Waals surface area contributed by atoms with Crippen LogP contribution in [0.4, 0.5) is 0 Å². The summed E-state index contributed by atoms with van der Waals surface area (Å²) >= 11 is 6.01. The Morgan fingerprint density at radius 1 is 1.21 bits per heavy atom. The molecule has 19 heavy (non-hydrogen) atoms. The minimum atomic E-state index is -1.04. The van der Waals surface area contributed by atoms with Crippen molar-refractivity contribution in [1.82, 2.24) is 0 Å². The largest absolute Gasteiger partial charge is 0.489 e. The second-order valence-corrected chi connectivity index (χ2v) is 4.51. The fourth-order valence-electron chi connectivity index (χ4n) is 1.72. The van der Waals surface area contributed by atoms with Crippen LogP contribution in [0.5, 0.6) is 5.75 Å². The molecule has 0 bridgehead atoms. The third-order valence-corrected chi connectivity index (χ3v) is 3.29. The highest BCUT2D eigenvalue weighted by Crippen LogP contribution is 2.29. The Balaban J connectivity index is 2.18. The summed E-state index contributed by atoms with van der Waals surface area (Å²) in [5.74, 6) is -0.443. The predicted octanol–water partition coefficient (Wildman–Crippen LogP) is 3.93. The topological polar surface area (TPSA) is 46.5 Å². The lowest BCUT2D eigenvalue weighted by Crippen LogP contribution is -2.02. The maximum Gasteiger partial charge on any atom is 0.337 e. The SMILES string of the molecule is Cc1c(OCc2ccccc2)ccc(C(=O)O)c1Cl. The Bertz CT molecular complexity index is 594. The van der Waals surface area contributed by atoms with Gasteiger partial charge in [-0.15, -0.1) is 0 Å². The molecule has 0 aliphatic carbocycles. The monoisotopic (exact) mass is 276 g/mol. The number of carboxylic acids is 1. The molecule has 4 heteroatoms. The molecule has 2 aromatic rings. The minimum Gasteiger partial charge on any atom is -0.489 e. The molecule has 1 N–H and O–H groups in total. The van der Waals surface area contributed by atoms with Gasteiger partial charge in [-0.1, -0.05) is 41.9 Å². The number of halogens is 1.